The number of hydrogen-bond acceptors (Lipinski definition) is 7. The minimum atomic E-state index is -4.45. The van der Waals surface area contributed by atoms with Gasteiger partial charge in [0.2, 0.25) is 5.95 Å². The van der Waals surface area contributed by atoms with Gasteiger partial charge in [-0.1, -0.05) is 12.1 Å². The number of nitrogens with one attached hydrogen (secondary N) is 1. The monoisotopic (exact) mass is 501 g/mol. The van der Waals surface area contributed by atoms with Crippen LogP contribution in [0.25, 0.3) is 10.6 Å². The van der Waals surface area contributed by atoms with Crippen LogP contribution < -0.4 is 5.32 Å². The molecular formula is C24H22F3N5O2S. The van der Waals surface area contributed by atoms with E-state index in [9.17, 15) is 23.1 Å². The van der Waals surface area contributed by atoms with Crippen molar-refractivity contribution in [1.82, 2.24) is 19.5 Å². The molecule has 0 fully saturated rings. The largest absolute Gasteiger partial charge is 0.416 e. The molecule has 0 aliphatic heterocycles. The Kier molecular flexibility index (Phi) is 7.27. The van der Waals surface area contributed by atoms with Crippen LogP contribution in [0.3, 0.4) is 0 Å². The SMILES string of the molecule is Cc1ccc(-c2ccnc(N[C@H](CO)Cc3cn(CC(=O)c4ccc(C(F)(F)F)cc4)cn3)n2)s1. The quantitative estimate of drug-likeness (QED) is 0.325. The fourth-order valence-corrected chi connectivity index (χ4v) is 4.27. The van der Waals surface area contributed by atoms with E-state index in [4.69, 9.17) is 0 Å². The summed E-state index contributed by atoms with van der Waals surface area (Å²) in [6.07, 6.45) is 0.687. The highest BCUT2D eigenvalue weighted by molar-refractivity contribution is 7.15. The molecule has 0 amide bonds. The molecule has 4 aromatic rings. The van der Waals surface area contributed by atoms with Crippen LogP contribution in [0.15, 0.2) is 61.2 Å². The fraction of sp³-hybridized carbons (Fsp3) is 0.250. The zero-order valence-corrected chi connectivity index (χ0v) is 19.5. The van der Waals surface area contributed by atoms with E-state index in [1.807, 2.05) is 25.1 Å². The summed E-state index contributed by atoms with van der Waals surface area (Å²) in [5, 5.41) is 12.9. The van der Waals surface area contributed by atoms with Crippen LogP contribution in [-0.2, 0) is 19.1 Å². The third kappa shape index (κ3) is 6.31. The summed E-state index contributed by atoms with van der Waals surface area (Å²) in [5.74, 6) is 0.0399. The van der Waals surface area contributed by atoms with Gasteiger partial charge in [-0.2, -0.15) is 13.2 Å². The van der Waals surface area contributed by atoms with Crippen LogP contribution >= 0.6 is 11.3 Å². The smallest absolute Gasteiger partial charge is 0.394 e. The number of carbonyl (C=O) groups is 1. The highest BCUT2D eigenvalue weighted by Crippen LogP contribution is 2.29. The van der Waals surface area contributed by atoms with Crippen LogP contribution in [0.1, 0.15) is 26.5 Å². The van der Waals surface area contributed by atoms with Crippen LogP contribution in [0.2, 0.25) is 0 Å². The predicted octanol–water partition coefficient (Wildman–Crippen LogP) is 4.63. The molecule has 0 radical (unpaired) electrons. The predicted molar refractivity (Wildman–Crippen MR) is 126 cm³/mol. The maximum Gasteiger partial charge on any atom is 0.416 e. The van der Waals surface area contributed by atoms with Crippen molar-refractivity contribution in [3.63, 3.8) is 0 Å². The third-order valence-electron chi connectivity index (χ3n) is 5.20. The van der Waals surface area contributed by atoms with Gasteiger partial charge in [0.05, 0.1) is 47.3 Å². The number of halogens is 3. The van der Waals surface area contributed by atoms with Gasteiger partial charge in [0.1, 0.15) is 0 Å². The number of aryl methyl sites for hydroxylation is 1. The molecular weight excluding hydrogens is 479 g/mol. The molecule has 0 aliphatic rings. The van der Waals surface area contributed by atoms with Gasteiger partial charge in [-0.15, -0.1) is 11.3 Å². The van der Waals surface area contributed by atoms with Crippen molar-refractivity contribution in [1.29, 1.82) is 0 Å². The molecule has 1 aromatic carbocycles. The van der Waals surface area contributed by atoms with E-state index >= 15 is 0 Å². The number of alkyl halides is 3. The number of hydrogen-bond donors (Lipinski definition) is 2. The lowest BCUT2D eigenvalue weighted by atomic mass is 10.1. The molecule has 11 heteroatoms. The van der Waals surface area contributed by atoms with Gasteiger partial charge in [0, 0.05) is 29.3 Å². The molecule has 0 aliphatic carbocycles. The number of imidazole rings is 1. The van der Waals surface area contributed by atoms with Gasteiger partial charge >= 0.3 is 6.18 Å². The van der Waals surface area contributed by atoms with Crippen molar-refractivity contribution < 1.29 is 23.1 Å². The number of aliphatic hydroxyl groups excluding tert-OH is 1. The maximum atomic E-state index is 12.7. The third-order valence-corrected chi connectivity index (χ3v) is 6.23. The van der Waals surface area contributed by atoms with Crippen LogP contribution in [-0.4, -0.2) is 43.1 Å². The Morgan fingerprint density at radius 1 is 1.14 bits per heavy atom. The molecule has 0 saturated heterocycles. The van der Waals surface area contributed by atoms with E-state index in [-0.39, 0.29) is 24.5 Å². The number of thiophene rings is 1. The zero-order valence-electron chi connectivity index (χ0n) is 18.7. The van der Waals surface area contributed by atoms with E-state index in [0.29, 0.717) is 18.1 Å². The number of carbonyl (C=O) groups excluding carboxylic acids is 1. The summed E-state index contributed by atoms with van der Waals surface area (Å²) >= 11 is 1.63. The summed E-state index contributed by atoms with van der Waals surface area (Å²) in [7, 11) is 0. The Morgan fingerprint density at radius 2 is 1.91 bits per heavy atom. The topological polar surface area (TPSA) is 92.9 Å². The normalized spacial score (nSPS) is 12.5. The number of nitrogens with zero attached hydrogens (tertiary/aromatic N) is 4. The molecule has 3 aromatic heterocycles. The summed E-state index contributed by atoms with van der Waals surface area (Å²) in [6, 6.07) is 9.53. The second-order valence-electron chi connectivity index (χ2n) is 7.94. The van der Waals surface area contributed by atoms with E-state index in [0.717, 1.165) is 22.7 Å². The van der Waals surface area contributed by atoms with Gasteiger partial charge in [0.25, 0.3) is 0 Å². The Hall–Kier alpha value is -3.57. The van der Waals surface area contributed by atoms with Crippen molar-refractivity contribution in [2.45, 2.75) is 32.1 Å². The summed E-state index contributed by atoms with van der Waals surface area (Å²) in [4.78, 5) is 27.7. The summed E-state index contributed by atoms with van der Waals surface area (Å²) in [5.41, 5.74) is 0.785. The van der Waals surface area contributed by atoms with Crippen LogP contribution in [0, 0.1) is 6.92 Å². The van der Waals surface area contributed by atoms with E-state index in [2.05, 4.69) is 20.3 Å². The molecule has 7 nitrogen and oxygen atoms in total. The van der Waals surface area contributed by atoms with Gasteiger partial charge in [-0.25, -0.2) is 15.0 Å². The van der Waals surface area contributed by atoms with Gasteiger partial charge in [0.15, 0.2) is 5.78 Å². The summed E-state index contributed by atoms with van der Waals surface area (Å²) < 4.78 is 39.7. The highest BCUT2D eigenvalue weighted by Gasteiger charge is 2.30. The zero-order chi connectivity index (χ0) is 25.0. The number of aliphatic hydroxyl groups is 1. The minimum Gasteiger partial charge on any atom is -0.394 e. The molecule has 1 atom stereocenters. The first-order chi connectivity index (χ1) is 16.7. The lowest BCUT2D eigenvalue weighted by Crippen LogP contribution is -2.27. The number of Topliss-reactive ketones (excluding diaryl/α,β-unsaturated/α-hetero) is 1. The number of rotatable bonds is 9. The highest BCUT2D eigenvalue weighted by atomic mass is 32.1. The van der Waals surface area contributed by atoms with Gasteiger partial charge in [-0.05, 0) is 37.3 Å². The molecule has 35 heavy (non-hydrogen) atoms. The molecule has 3 heterocycles. The minimum absolute atomic E-state index is 0.0685. The van der Waals surface area contributed by atoms with Gasteiger partial charge in [-0.3, -0.25) is 4.79 Å². The van der Waals surface area contributed by atoms with Crippen LogP contribution in [0.5, 0.6) is 0 Å². The molecule has 2 N–H and O–H groups in total. The van der Waals surface area contributed by atoms with E-state index < -0.39 is 17.8 Å². The Bertz CT molecular complexity index is 1300. The van der Waals surface area contributed by atoms with Crippen molar-refractivity contribution >= 4 is 23.1 Å². The Labute approximate surface area is 203 Å². The lowest BCUT2D eigenvalue weighted by molar-refractivity contribution is -0.137. The Morgan fingerprint density at radius 3 is 2.57 bits per heavy atom. The van der Waals surface area contributed by atoms with Gasteiger partial charge < -0.3 is 15.0 Å². The van der Waals surface area contributed by atoms with Crippen molar-refractivity contribution in [2.24, 2.45) is 0 Å². The average molecular weight is 502 g/mol. The summed E-state index contributed by atoms with van der Waals surface area (Å²) in [6.45, 7) is 1.76. The van der Waals surface area contributed by atoms with Crippen molar-refractivity contribution in [3.05, 3.63) is 82.9 Å². The number of benzene rings is 1. The molecule has 0 unspecified atom stereocenters. The van der Waals surface area contributed by atoms with Crippen molar-refractivity contribution in [2.75, 3.05) is 11.9 Å². The first-order valence-electron chi connectivity index (χ1n) is 10.7. The molecule has 0 saturated carbocycles. The Balaban J connectivity index is 1.37. The second kappa shape index (κ2) is 10.4. The number of aromatic nitrogens is 4. The van der Waals surface area contributed by atoms with E-state index in [1.165, 1.54) is 23.3 Å². The maximum absolute atomic E-state index is 12.7. The van der Waals surface area contributed by atoms with Crippen LogP contribution in [0.4, 0.5) is 19.1 Å². The standard InChI is InChI=1S/C24H22F3N5O2S/c1-15-2-7-22(35-15)20-8-9-28-23(31-20)30-19(13-33)10-18-11-32(14-29-18)12-21(34)16-3-5-17(6-4-16)24(25,26)27/h2-9,11,14,19,33H,10,12-13H2,1H3,(H,28,30,31)/t19-/m0/s1. The average Bonchev–Trinajstić information content (AvgIpc) is 3.47. The molecule has 0 bridgehead atoms. The molecule has 0 spiro atoms. The number of ketones is 1. The first-order valence-corrected chi connectivity index (χ1v) is 11.5. The lowest BCUT2D eigenvalue weighted by Gasteiger charge is -2.15. The van der Waals surface area contributed by atoms with E-state index in [1.54, 1.807) is 28.3 Å². The molecule has 182 valence electrons. The second-order valence-corrected chi connectivity index (χ2v) is 9.23. The van der Waals surface area contributed by atoms with Crippen molar-refractivity contribution in [3.8, 4) is 10.6 Å². The fourth-order valence-electron chi connectivity index (χ4n) is 3.43. The number of anilines is 1. The first kappa shape index (κ1) is 24.6. The molecule has 4 rings (SSSR count).